The summed E-state index contributed by atoms with van der Waals surface area (Å²) in [6, 6.07) is 2.61. The number of benzene rings is 1. The highest BCUT2D eigenvalue weighted by Crippen LogP contribution is 2.30. The summed E-state index contributed by atoms with van der Waals surface area (Å²) in [7, 11) is 0. The maximum absolute atomic E-state index is 14.0. The number of aliphatic hydroxyl groups excluding tert-OH is 1. The highest BCUT2D eigenvalue weighted by Gasteiger charge is 2.45. The average molecular weight is 445 g/mol. The third kappa shape index (κ3) is 4.36. The van der Waals surface area contributed by atoms with Gasteiger partial charge in [-0.3, -0.25) is 19.2 Å². The van der Waals surface area contributed by atoms with Gasteiger partial charge in [0.25, 0.3) is 5.91 Å². The minimum absolute atomic E-state index is 0.152. The van der Waals surface area contributed by atoms with Gasteiger partial charge in [-0.15, -0.1) is 0 Å². The quantitative estimate of drug-likeness (QED) is 0.455. The Morgan fingerprint density at radius 2 is 1.84 bits per heavy atom. The van der Waals surface area contributed by atoms with Crippen molar-refractivity contribution < 1.29 is 33.4 Å². The van der Waals surface area contributed by atoms with Crippen molar-refractivity contribution in [3.63, 3.8) is 0 Å². The lowest BCUT2D eigenvalue weighted by Crippen LogP contribution is -2.57. The van der Waals surface area contributed by atoms with E-state index in [1.54, 1.807) is 6.08 Å². The van der Waals surface area contributed by atoms with E-state index in [0.29, 0.717) is 19.3 Å². The summed E-state index contributed by atoms with van der Waals surface area (Å²) in [5.74, 6) is -2.94. The van der Waals surface area contributed by atoms with Crippen LogP contribution < -0.4 is 10.6 Å². The summed E-state index contributed by atoms with van der Waals surface area (Å²) in [5.41, 5.74) is -0.168. The molecule has 0 saturated carbocycles. The number of cyclic esters (lactones) is 1. The molecule has 0 bridgehead atoms. The zero-order valence-electron chi connectivity index (χ0n) is 17.2. The van der Waals surface area contributed by atoms with Gasteiger partial charge in [-0.2, -0.15) is 0 Å². The number of aliphatic hydroxyl groups is 1. The van der Waals surface area contributed by atoms with Gasteiger partial charge in [-0.1, -0.05) is 24.3 Å². The fourth-order valence-corrected chi connectivity index (χ4v) is 4.42. The fraction of sp³-hybridized carbons (Fsp3) is 0.455. The van der Waals surface area contributed by atoms with Crippen LogP contribution in [0.25, 0.3) is 0 Å². The Morgan fingerprint density at radius 1 is 1.09 bits per heavy atom. The summed E-state index contributed by atoms with van der Waals surface area (Å²) in [5, 5.41) is 15.0. The van der Waals surface area contributed by atoms with E-state index >= 15 is 0 Å². The van der Waals surface area contributed by atoms with Crippen molar-refractivity contribution in [3.8, 4) is 0 Å². The van der Waals surface area contributed by atoms with E-state index in [2.05, 4.69) is 15.4 Å². The molecule has 10 heteroatoms. The SMILES string of the molecule is O=C1CC(NC(=O)[C@@H]2CC[C@H]3C/C=C\C[C@H](NC(=O)c4ccccc4F)C(=O)N32)C(O)O1. The molecule has 32 heavy (non-hydrogen) atoms. The Bertz CT molecular complexity index is 967. The Hall–Kier alpha value is -3.27. The molecule has 4 rings (SSSR count). The predicted octanol–water partition coefficient (Wildman–Crippen LogP) is 0.384. The highest BCUT2D eigenvalue weighted by molar-refractivity contribution is 5.99. The number of carbonyl (C=O) groups is 4. The number of ether oxygens (including phenoxy) is 1. The molecule has 0 radical (unpaired) electrons. The molecule has 3 heterocycles. The molecule has 2 fully saturated rings. The monoisotopic (exact) mass is 445 g/mol. The number of nitrogens with one attached hydrogen (secondary N) is 2. The number of amides is 3. The van der Waals surface area contributed by atoms with Crippen LogP contribution in [-0.2, 0) is 19.1 Å². The second kappa shape index (κ2) is 9.07. The molecular formula is C22H24FN3O6. The Labute approximate surface area is 183 Å². The standard InChI is InChI=1S/C22H24FN3O6/c23-14-7-3-2-6-13(14)19(28)24-15-8-4-1-5-12-9-10-17(26(12)21(15)30)20(29)25-16-11-18(27)32-22(16)31/h1-4,6-7,12,15-17,22,31H,5,8-11H2,(H,24,28)(H,25,29)/b4-1-/t12-,15+,16?,17+,22?/m1/s1. The molecule has 5 atom stereocenters. The van der Waals surface area contributed by atoms with Crippen LogP contribution >= 0.6 is 0 Å². The average Bonchev–Trinajstić information content (AvgIpc) is 3.31. The number of hydrogen-bond donors (Lipinski definition) is 3. The van der Waals surface area contributed by atoms with Gasteiger partial charge in [0.2, 0.25) is 18.1 Å². The summed E-state index contributed by atoms with van der Waals surface area (Å²) in [4.78, 5) is 51.7. The molecule has 0 aromatic heterocycles. The van der Waals surface area contributed by atoms with E-state index in [-0.39, 0.29) is 24.4 Å². The largest absolute Gasteiger partial charge is 0.434 e. The van der Waals surface area contributed by atoms with Crippen molar-refractivity contribution in [3.05, 3.63) is 47.8 Å². The van der Waals surface area contributed by atoms with Crippen molar-refractivity contribution in [2.75, 3.05) is 0 Å². The molecule has 3 aliphatic rings. The topological polar surface area (TPSA) is 125 Å². The Morgan fingerprint density at radius 3 is 2.56 bits per heavy atom. The molecule has 3 N–H and O–H groups in total. The third-order valence-corrected chi connectivity index (χ3v) is 6.04. The second-order valence-corrected chi connectivity index (χ2v) is 8.14. The van der Waals surface area contributed by atoms with Gasteiger partial charge in [0.05, 0.1) is 12.0 Å². The van der Waals surface area contributed by atoms with E-state index in [4.69, 9.17) is 0 Å². The normalized spacial score (nSPS) is 30.7. The maximum Gasteiger partial charge on any atom is 0.310 e. The van der Waals surface area contributed by atoms with Crippen molar-refractivity contribution >= 4 is 23.7 Å². The second-order valence-electron chi connectivity index (χ2n) is 8.14. The molecule has 0 aliphatic carbocycles. The Balaban J connectivity index is 1.50. The smallest absolute Gasteiger partial charge is 0.310 e. The van der Waals surface area contributed by atoms with E-state index in [1.807, 2.05) is 6.08 Å². The molecule has 1 aromatic carbocycles. The van der Waals surface area contributed by atoms with Crippen molar-refractivity contribution in [1.82, 2.24) is 15.5 Å². The molecule has 3 amide bonds. The van der Waals surface area contributed by atoms with E-state index in [0.717, 1.165) is 6.07 Å². The van der Waals surface area contributed by atoms with Gasteiger partial charge in [-0.05, 0) is 37.8 Å². The number of nitrogens with zero attached hydrogens (tertiary/aromatic N) is 1. The van der Waals surface area contributed by atoms with Gasteiger partial charge in [-0.25, -0.2) is 4.39 Å². The fourth-order valence-electron chi connectivity index (χ4n) is 4.42. The van der Waals surface area contributed by atoms with Crippen LogP contribution in [0.15, 0.2) is 36.4 Å². The van der Waals surface area contributed by atoms with Crippen LogP contribution in [0, 0.1) is 5.82 Å². The molecule has 2 saturated heterocycles. The summed E-state index contributed by atoms with van der Waals surface area (Å²) in [6.45, 7) is 0. The minimum Gasteiger partial charge on any atom is -0.434 e. The van der Waals surface area contributed by atoms with Crippen molar-refractivity contribution in [1.29, 1.82) is 0 Å². The maximum atomic E-state index is 14.0. The molecule has 3 aliphatic heterocycles. The number of carbonyl (C=O) groups excluding carboxylic acids is 4. The summed E-state index contributed by atoms with van der Waals surface area (Å²) >= 11 is 0. The molecule has 2 unspecified atom stereocenters. The van der Waals surface area contributed by atoms with Crippen molar-refractivity contribution in [2.45, 2.75) is 62.6 Å². The van der Waals surface area contributed by atoms with Crippen LogP contribution in [0.4, 0.5) is 4.39 Å². The molecule has 170 valence electrons. The van der Waals surface area contributed by atoms with E-state index in [1.165, 1.54) is 23.1 Å². The van der Waals surface area contributed by atoms with E-state index < -0.39 is 53.9 Å². The summed E-state index contributed by atoms with van der Waals surface area (Å²) in [6.07, 6.45) is 3.89. The first-order valence-electron chi connectivity index (χ1n) is 10.6. The van der Waals surface area contributed by atoms with E-state index in [9.17, 15) is 28.7 Å². The first-order valence-corrected chi connectivity index (χ1v) is 10.6. The van der Waals surface area contributed by atoms with Crippen LogP contribution in [0.1, 0.15) is 42.5 Å². The molecule has 1 aromatic rings. The lowest BCUT2D eigenvalue weighted by Gasteiger charge is -2.34. The molecular weight excluding hydrogens is 421 g/mol. The Kier molecular flexibility index (Phi) is 6.22. The lowest BCUT2D eigenvalue weighted by molar-refractivity contribution is -0.155. The first kappa shape index (κ1) is 21.9. The molecule has 9 nitrogen and oxygen atoms in total. The zero-order valence-corrected chi connectivity index (χ0v) is 17.2. The highest BCUT2D eigenvalue weighted by atomic mass is 19.1. The van der Waals surface area contributed by atoms with Gasteiger partial charge in [0, 0.05) is 6.04 Å². The lowest BCUT2D eigenvalue weighted by atomic mass is 10.0. The third-order valence-electron chi connectivity index (χ3n) is 6.04. The van der Waals surface area contributed by atoms with Gasteiger partial charge in [0.15, 0.2) is 0 Å². The predicted molar refractivity (Wildman–Crippen MR) is 108 cm³/mol. The minimum atomic E-state index is -1.43. The van der Waals surface area contributed by atoms with Crippen LogP contribution in [0.3, 0.4) is 0 Å². The van der Waals surface area contributed by atoms with Gasteiger partial charge < -0.3 is 25.4 Å². The number of esters is 1. The zero-order chi connectivity index (χ0) is 22.8. The van der Waals surface area contributed by atoms with Crippen molar-refractivity contribution in [2.24, 2.45) is 0 Å². The first-order chi connectivity index (χ1) is 15.3. The number of hydrogen-bond acceptors (Lipinski definition) is 6. The van der Waals surface area contributed by atoms with Gasteiger partial charge >= 0.3 is 5.97 Å². The molecule has 0 spiro atoms. The van der Waals surface area contributed by atoms with Crippen LogP contribution in [-0.4, -0.2) is 64.2 Å². The van der Waals surface area contributed by atoms with Crippen LogP contribution in [0.2, 0.25) is 0 Å². The summed E-state index contributed by atoms with van der Waals surface area (Å²) < 4.78 is 18.6. The number of rotatable bonds is 4. The number of fused-ring (bicyclic) bond motifs is 1. The van der Waals surface area contributed by atoms with Crippen LogP contribution in [0.5, 0.6) is 0 Å². The number of halogens is 1. The van der Waals surface area contributed by atoms with Gasteiger partial charge in [0.1, 0.15) is 23.9 Å².